The van der Waals surface area contributed by atoms with Gasteiger partial charge in [-0.15, -0.1) is 0 Å². The highest BCUT2D eigenvalue weighted by Crippen LogP contribution is 2.28. The maximum absolute atomic E-state index is 11.9. The van der Waals surface area contributed by atoms with Crippen molar-refractivity contribution in [3.05, 3.63) is 41.2 Å². The fourth-order valence-corrected chi connectivity index (χ4v) is 5.25. The summed E-state index contributed by atoms with van der Waals surface area (Å²) in [6.45, 7) is 0. The number of aromatic nitrogens is 3. The highest BCUT2D eigenvalue weighted by Gasteiger charge is 2.31. The second-order valence-electron chi connectivity index (χ2n) is 7.05. The van der Waals surface area contributed by atoms with E-state index in [1.54, 1.807) is 18.2 Å². The lowest BCUT2D eigenvalue weighted by molar-refractivity contribution is 0.0996. The number of nitrogens with zero attached hydrogens (tertiary/aromatic N) is 2. The van der Waals surface area contributed by atoms with Gasteiger partial charge in [-0.3, -0.25) is 4.79 Å². The molecule has 1 aromatic carbocycles. The summed E-state index contributed by atoms with van der Waals surface area (Å²) in [4.78, 5) is 23.6. The van der Waals surface area contributed by atoms with Crippen molar-refractivity contribution in [1.29, 1.82) is 0 Å². The standard InChI is InChI=1S/C18H19ClN6O3S/c19-10-1-2-12-9(5-10)6-13(23-12)16-17(18(21)26)22-7-15(25-16)24-14-8-29(27,28)4-3-11(14)20/h1-2,5-7,11,14,23H,3-4,8,20H2,(H2,21,26)(H,24,25)/t11-,14+/m0/s1. The smallest absolute Gasteiger partial charge is 0.269 e. The number of nitrogens with two attached hydrogens (primary N) is 2. The predicted octanol–water partition coefficient (Wildman–Crippen LogP) is 1.30. The molecular formula is C18H19ClN6O3S. The van der Waals surface area contributed by atoms with Gasteiger partial charge in [0, 0.05) is 22.0 Å². The average molecular weight is 435 g/mol. The predicted molar refractivity (Wildman–Crippen MR) is 112 cm³/mol. The van der Waals surface area contributed by atoms with E-state index in [4.69, 9.17) is 23.1 Å². The van der Waals surface area contributed by atoms with Gasteiger partial charge in [0.15, 0.2) is 15.5 Å². The monoisotopic (exact) mass is 434 g/mol. The number of aromatic amines is 1. The van der Waals surface area contributed by atoms with Gasteiger partial charge in [-0.1, -0.05) is 11.6 Å². The summed E-state index contributed by atoms with van der Waals surface area (Å²) in [6, 6.07) is 6.28. The third-order valence-corrected chi connectivity index (χ3v) is 6.85. The van der Waals surface area contributed by atoms with Gasteiger partial charge in [-0.25, -0.2) is 18.4 Å². The lowest BCUT2D eigenvalue weighted by atomic mass is 10.1. The van der Waals surface area contributed by atoms with Gasteiger partial charge in [0.2, 0.25) is 0 Å². The molecule has 3 aromatic rings. The van der Waals surface area contributed by atoms with Crippen LogP contribution in [-0.4, -0.2) is 52.9 Å². The van der Waals surface area contributed by atoms with E-state index in [2.05, 4.69) is 20.3 Å². The molecule has 1 fully saturated rings. The summed E-state index contributed by atoms with van der Waals surface area (Å²) in [5, 5.41) is 4.45. The van der Waals surface area contributed by atoms with Crippen molar-refractivity contribution in [3.8, 4) is 11.4 Å². The summed E-state index contributed by atoms with van der Waals surface area (Å²) >= 11 is 6.04. The molecule has 3 heterocycles. The normalized spacial score (nSPS) is 21.2. The first-order valence-electron chi connectivity index (χ1n) is 8.90. The molecule has 2 atom stereocenters. The number of carbonyl (C=O) groups excluding carboxylic acids is 1. The first-order valence-corrected chi connectivity index (χ1v) is 11.1. The maximum Gasteiger partial charge on any atom is 0.269 e. The second kappa shape index (κ2) is 7.29. The number of benzene rings is 1. The Bertz CT molecular complexity index is 1210. The number of H-pyrrole nitrogens is 1. The topological polar surface area (TPSA) is 157 Å². The van der Waals surface area contributed by atoms with Crippen molar-refractivity contribution in [2.45, 2.75) is 18.5 Å². The molecule has 1 aliphatic heterocycles. The van der Waals surface area contributed by atoms with Crippen LogP contribution >= 0.6 is 11.6 Å². The SMILES string of the molecule is NC(=O)c1ncc(N[C@@H]2CS(=O)(=O)CC[C@@H]2N)nc1-c1cc2cc(Cl)ccc2[nH]1. The van der Waals surface area contributed by atoms with E-state index in [0.717, 1.165) is 10.9 Å². The first kappa shape index (κ1) is 19.6. The molecule has 11 heteroatoms. The Morgan fingerprint density at radius 2 is 2.10 bits per heavy atom. The largest absolute Gasteiger partial charge is 0.364 e. The van der Waals surface area contributed by atoms with Crippen molar-refractivity contribution >= 4 is 44.1 Å². The summed E-state index contributed by atoms with van der Waals surface area (Å²) < 4.78 is 23.9. The number of halogens is 1. The number of carbonyl (C=O) groups is 1. The fraction of sp³-hybridized carbons (Fsp3) is 0.278. The summed E-state index contributed by atoms with van der Waals surface area (Å²) in [6.07, 6.45) is 1.71. The van der Waals surface area contributed by atoms with Gasteiger partial charge < -0.3 is 21.8 Å². The Hall–Kier alpha value is -2.69. The Morgan fingerprint density at radius 3 is 2.86 bits per heavy atom. The Labute approximate surface area is 171 Å². The van der Waals surface area contributed by atoms with Gasteiger partial charge in [0.25, 0.3) is 5.91 Å². The number of nitrogens with one attached hydrogen (secondary N) is 2. The fourth-order valence-electron chi connectivity index (χ4n) is 3.39. The Balaban J connectivity index is 1.73. The molecule has 1 saturated heterocycles. The molecule has 6 N–H and O–H groups in total. The molecule has 0 unspecified atom stereocenters. The first-order chi connectivity index (χ1) is 13.7. The van der Waals surface area contributed by atoms with Crippen LogP contribution in [0.15, 0.2) is 30.5 Å². The minimum Gasteiger partial charge on any atom is -0.364 e. The maximum atomic E-state index is 11.9. The minimum atomic E-state index is -3.17. The zero-order valence-corrected chi connectivity index (χ0v) is 16.8. The van der Waals surface area contributed by atoms with E-state index in [1.165, 1.54) is 6.20 Å². The van der Waals surface area contributed by atoms with Crippen LogP contribution in [0.25, 0.3) is 22.3 Å². The van der Waals surface area contributed by atoms with Crippen LogP contribution in [0, 0.1) is 0 Å². The summed E-state index contributed by atoms with van der Waals surface area (Å²) in [5.74, 6) is -0.443. The van der Waals surface area contributed by atoms with Crippen LogP contribution in [0.5, 0.6) is 0 Å². The number of fused-ring (bicyclic) bond motifs is 1. The molecule has 1 amide bonds. The third-order valence-electron chi connectivity index (χ3n) is 4.89. The molecule has 29 heavy (non-hydrogen) atoms. The van der Waals surface area contributed by atoms with Crippen LogP contribution in [0.2, 0.25) is 5.02 Å². The van der Waals surface area contributed by atoms with E-state index < -0.39 is 21.8 Å². The molecular weight excluding hydrogens is 416 g/mol. The summed E-state index contributed by atoms with van der Waals surface area (Å²) in [5.41, 5.74) is 13.1. The summed E-state index contributed by atoms with van der Waals surface area (Å²) in [7, 11) is -3.17. The van der Waals surface area contributed by atoms with Crippen LogP contribution < -0.4 is 16.8 Å². The highest BCUT2D eigenvalue weighted by atomic mass is 35.5. The number of hydrogen-bond acceptors (Lipinski definition) is 7. The third kappa shape index (κ3) is 4.04. The van der Waals surface area contributed by atoms with E-state index in [0.29, 0.717) is 23.0 Å². The van der Waals surface area contributed by atoms with Gasteiger partial charge in [0.05, 0.1) is 29.4 Å². The second-order valence-corrected chi connectivity index (χ2v) is 9.71. The molecule has 1 aliphatic rings. The molecule has 4 rings (SSSR count). The lowest BCUT2D eigenvalue weighted by Gasteiger charge is -2.29. The molecule has 2 aromatic heterocycles. The lowest BCUT2D eigenvalue weighted by Crippen LogP contribution is -2.50. The van der Waals surface area contributed by atoms with Crippen molar-refractivity contribution in [2.75, 3.05) is 16.8 Å². The van der Waals surface area contributed by atoms with Crippen LogP contribution in [0.1, 0.15) is 16.9 Å². The number of hydrogen-bond donors (Lipinski definition) is 4. The Kier molecular flexibility index (Phi) is 4.93. The van der Waals surface area contributed by atoms with Crippen molar-refractivity contribution in [2.24, 2.45) is 11.5 Å². The van der Waals surface area contributed by atoms with Gasteiger partial charge >= 0.3 is 0 Å². The zero-order chi connectivity index (χ0) is 20.8. The molecule has 0 aliphatic carbocycles. The van der Waals surface area contributed by atoms with E-state index in [-0.39, 0.29) is 28.9 Å². The number of sulfone groups is 1. The van der Waals surface area contributed by atoms with Crippen LogP contribution in [-0.2, 0) is 9.84 Å². The molecule has 0 spiro atoms. The number of primary amides is 1. The quantitative estimate of drug-likeness (QED) is 0.481. The van der Waals surface area contributed by atoms with E-state index in [1.807, 2.05) is 6.07 Å². The number of anilines is 1. The van der Waals surface area contributed by atoms with Gasteiger partial charge in [0.1, 0.15) is 11.5 Å². The van der Waals surface area contributed by atoms with E-state index in [9.17, 15) is 13.2 Å². The van der Waals surface area contributed by atoms with Crippen LogP contribution in [0.3, 0.4) is 0 Å². The molecule has 0 saturated carbocycles. The molecule has 152 valence electrons. The average Bonchev–Trinajstić information content (AvgIpc) is 3.07. The highest BCUT2D eigenvalue weighted by molar-refractivity contribution is 7.91. The van der Waals surface area contributed by atoms with Gasteiger partial charge in [-0.2, -0.15) is 0 Å². The van der Waals surface area contributed by atoms with Crippen molar-refractivity contribution < 1.29 is 13.2 Å². The van der Waals surface area contributed by atoms with Gasteiger partial charge in [-0.05, 0) is 30.7 Å². The van der Waals surface area contributed by atoms with Crippen molar-refractivity contribution in [1.82, 2.24) is 15.0 Å². The van der Waals surface area contributed by atoms with Crippen molar-refractivity contribution in [3.63, 3.8) is 0 Å². The number of amides is 1. The molecule has 9 nitrogen and oxygen atoms in total. The Morgan fingerprint density at radius 1 is 1.31 bits per heavy atom. The number of rotatable bonds is 4. The molecule has 0 bridgehead atoms. The van der Waals surface area contributed by atoms with E-state index >= 15 is 0 Å². The minimum absolute atomic E-state index is 0.00577. The van der Waals surface area contributed by atoms with Crippen LogP contribution in [0.4, 0.5) is 5.82 Å². The zero-order valence-electron chi connectivity index (χ0n) is 15.2. The molecule has 0 radical (unpaired) electrons.